The smallest absolute Gasteiger partial charge is 0.336 e. The van der Waals surface area contributed by atoms with Crippen LogP contribution in [0, 0.1) is 5.82 Å². The van der Waals surface area contributed by atoms with E-state index in [1.807, 2.05) is 6.07 Å². The first kappa shape index (κ1) is 18.1. The number of nitrogens with two attached hydrogens (primary N) is 1. The van der Waals surface area contributed by atoms with Crippen molar-refractivity contribution in [2.24, 2.45) is 0 Å². The van der Waals surface area contributed by atoms with Crippen molar-refractivity contribution < 1.29 is 13.5 Å². The number of hydrogen-bond acceptors (Lipinski definition) is 7. The zero-order valence-corrected chi connectivity index (χ0v) is 15.6. The fraction of sp³-hybridized carbons (Fsp3) is 0.105. The average Bonchev–Trinajstić information content (AvgIpc) is 3.06. The molecular formula is C19H15FN4O3S. The van der Waals surface area contributed by atoms with Gasteiger partial charge in [-0.2, -0.15) is 0 Å². The summed E-state index contributed by atoms with van der Waals surface area (Å²) in [6, 6.07) is 12.7. The Hall–Kier alpha value is -3.33. The topological polar surface area (TPSA) is 96.2 Å². The van der Waals surface area contributed by atoms with Gasteiger partial charge in [0.05, 0.1) is 7.11 Å². The molecule has 0 atom stereocenters. The summed E-state index contributed by atoms with van der Waals surface area (Å²) in [5.41, 5.74) is 1.29. The van der Waals surface area contributed by atoms with Crippen molar-refractivity contribution in [3.8, 4) is 17.1 Å². The minimum Gasteiger partial charge on any atom is -0.497 e. The minimum absolute atomic E-state index is 0.351. The number of methoxy groups -OCH3 is 1. The lowest BCUT2D eigenvalue weighted by Crippen LogP contribution is -2.11. The lowest BCUT2D eigenvalue weighted by atomic mass is 10.1. The number of rotatable bonds is 5. The van der Waals surface area contributed by atoms with E-state index in [-0.39, 0.29) is 5.82 Å². The van der Waals surface area contributed by atoms with Crippen LogP contribution < -0.4 is 16.2 Å². The van der Waals surface area contributed by atoms with Crippen LogP contribution in [-0.4, -0.2) is 22.0 Å². The molecule has 0 aliphatic carbocycles. The monoisotopic (exact) mass is 398 g/mol. The number of nitrogens with zero attached hydrogens (tertiary/aromatic N) is 3. The number of aromatic nitrogens is 3. The van der Waals surface area contributed by atoms with E-state index in [0.717, 1.165) is 10.9 Å². The molecule has 0 unspecified atom stereocenters. The number of fused-ring (bicyclic) bond motifs is 1. The molecule has 0 aliphatic heterocycles. The van der Waals surface area contributed by atoms with Crippen molar-refractivity contribution >= 4 is 22.7 Å². The maximum atomic E-state index is 13.5. The maximum absolute atomic E-state index is 13.5. The predicted octanol–water partition coefficient (Wildman–Crippen LogP) is 3.21. The van der Waals surface area contributed by atoms with Crippen molar-refractivity contribution in [1.82, 2.24) is 14.9 Å². The summed E-state index contributed by atoms with van der Waals surface area (Å²) < 4.78 is 25.2. The van der Waals surface area contributed by atoms with E-state index < -0.39 is 5.63 Å². The number of ether oxygens (including phenoxy) is 1. The van der Waals surface area contributed by atoms with Gasteiger partial charge in [0.1, 0.15) is 17.1 Å². The van der Waals surface area contributed by atoms with Gasteiger partial charge in [0, 0.05) is 28.8 Å². The third-order valence-corrected chi connectivity index (χ3v) is 5.13. The Morgan fingerprint density at radius 2 is 2.07 bits per heavy atom. The Balaban J connectivity index is 1.63. The third kappa shape index (κ3) is 3.44. The van der Waals surface area contributed by atoms with Gasteiger partial charge in [0.2, 0.25) is 5.16 Å². The summed E-state index contributed by atoms with van der Waals surface area (Å²) in [7, 11) is 1.54. The number of thioether (sulfide) groups is 1. The van der Waals surface area contributed by atoms with Gasteiger partial charge in [-0.05, 0) is 29.8 Å². The zero-order chi connectivity index (χ0) is 19.7. The van der Waals surface area contributed by atoms with Gasteiger partial charge in [0.25, 0.3) is 0 Å². The summed E-state index contributed by atoms with van der Waals surface area (Å²) in [4.78, 5) is 11.9. The fourth-order valence-electron chi connectivity index (χ4n) is 2.80. The number of benzene rings is 2. The Morgan fingerprint density at radius 3 is 2.86 bits per heavy atom. The number of hydrogen-bond donors (Lipinski definition) is 1. The molecule has 142 valence electrons. The molecule has 2 aromatic heterocycles. The van der Waals surface area contributed by atoms with E-state index in [4.69, 9.17) is 15.0 Å². The largest absolute Gasteiger partial charge is 0.497 e. The molecule has 2 aromatic carbocycles. The van der Waals surface area contributed by atoms with Gasteiger partial charge < -0.3 is 15.0 Å². The maximum Gasteiger partial charge on any atom is 0.336 e. The van der Waals surface area contributed by atoms with Crippen molar-refractivity contribution in [3.05, 3.63) is 70.3 Å². The Bertz CT molecular complexity index is 1220. The predicted molar refractivity (Wildman–Crippen MR) is 104 cm³/mol. The molecule has 28 heavy (non-hydrogen) atoms. The van der Waals surface area contributed by atoms with Crippen LogP contribution in [0.1, 0.15) is 5.56 Å². The van der Waals surface area contributed by atoms with Gasteiger partial charge >= 0.3 is 5.63 Å². The average molecular weight is 398 g/mol. The summed E-state index contributed by atoms with van der Waals surface area (Å²) >= 11 is 1.31. The first-order valence-corrected chi connectivity index (χ1v) is 9.24. The van der Waals surface area contributed by atoms with Gasteiger partial charge in [0.15, 0.2) is 5.82 Å². The highest BCUT2D eigenvalue weighted by Crippen LogP contribution is 2.28. The lowest BCUT2D eigenvalue weighted by Gasteiger charge is -2.07. The molecule has 9 heteroatoms. The van der Waals surface area contributed by atoms with Gasteiger partial charge in [-0.1, -0.05) is 23.9 Å². The molecule has 0 saturated heterocycles. The Morgan fingerprint density at radius 1 is 1.21 bits per heavy atom. The number of nitrogen functional groups attached to an aromatic ring is 1. The van der Waals surface area contributed by atoms with Crippen LogP contribution in [0.25, 0.3) is 22.4 Å². The molecule has 2 heterocycles. The standard InChI is InChI=1S/C19H15FN4O3S/c1-26-14-5-6-15-12(8-17(25)27-16(15)9-14)10-28-19-23-22-18(24(19)21)11-3-2-4-13(20)7-11/h2-9H,10,21H2,1H3. The second-order valence-electron chi connectivity index (χ2n) is 5.93. The molecule has 0 spiro atoms. The van der Waals surface area contributed by atoms with Crippen molar-refractivity contribution in [2.45, 2.75) is 10.9 Å². The molecule has 0 aliphatic rings. The SMILES string of the molecule is COc1ccc2c(CSc3nnc(-c4cccc(F)c4)n3N)cc(=O)oc2c1. The highest BCUT2D eigenvalue weighted by Gasteiger charge is 2.14. The minimum atomic E-state index is -0.453. The zero-order valence-electron chi connectivity index (χ0n) is 14.8. The van der Waals surface area contributed by atoms with Crippen LogP contribution in [0.5, 0.6) is 5.75 Å². The van der Waals surface area contributed by atoms with Crippen molar-refractivity contribution in [3.63, 3.8) is 0 Å². The Kier molecular flexibility index (Phi) is 4.74. The van der Waals surface area contributed by atoms with E-state index in [9.17, 15) is 9.18 Å². The molecule has 0 amide bonds. The summed E-state index contributed by atoms with van der Waals surface area (Å²) in [5, 5.41) is 9.35. The summed E-state index contributed by atoms with van der Waals surface area (Å²) in [6.07, 6.45) is 0. The van der Waals surface area contributed by atoms with Crippen LogP contribution in [0.3, 0.4) is 0 Å². The molecule has 0 bridgehead atoms. The van der Waals surface area contributed by atoms with E-state index in [0.29, 0.717) is 33.6 Å². The molecule has 4 aromatic rings. The van der Waals surface area contributed by atoms with Gasteiger partial charge in [-0.15, -0.1) is 10.2 Å². The van der Waals surface area contributed by atoms with Crippen LogP contribution in [0.4, 0.5) is 4.39 Å². The van der Waals surface area contributed by atoms with E-state index in [1.54, 1.807) is 31.4 Å². The normalized spacial score (nSPS) is 11.1. The van der Waals surface area contributed by atoms with Crippen LogP contribution in [0.15, 0.2) is 62.9 Å². The molecule has 0 saturated carbocycles. The first-order valence-electron chi connectivity index (χ1n) is 8.25. The lowest BCUT2D eigenvalue weighted by molar-refractivity contribution is 0.414. The molecule has 4 rings (SSSR count). The van der Waals surface area contributed by atoms with Crippen LogP contribution in [0.2, 0.25) is 0 Å². The molecule has 7 nitrogen and oxygen atoms in total. The van der Waals surface area contributed by atoms with Crippen LogP contribution in [-0.2, 0) is 5.75 Å². The molecule has 0 fully saturated rings. The number of halogens is 1. The Labute approximate surface area is 162 Å². The summed E-state index contributed by atoms with van der Waals surface area (Å²) in [6.45, 7) is 0. The van der Waals surface area contributed by atoms with Gasteiger partial charge in [-0.3, -0.25) is 0 Å². The summed E-state index contributed by atoms with van der Waals surface area (Å²) in [5.74, 6) is 7.07. The van der Waals surface area contributed by atoms with E-state index >= 15 is 0 Å². The second-order valence-corrected chi connectivity index (χ2v) is 6.87. The molecule has 2 N–H and O–H groups in total. The van der Waals surface area contributed by atoms with Crippen molar-refractivity contribution in [2.75, 3.05) is 13.0 Å². The van der Waals surface area contributed by atoms with Crippen LogP contribution >= 0.6 is 11.8 Å². The molecular weight excluding hydrogens is 383 g/mol. The van der Waals surface area contributed by atoms with Crippen molar-refractivity contribution in [1.29, 1.82) is 0 Å². The highest BCUT2D eigenvalue weighted by atomic mass is 32.2. The van der Waals surface area contributed by atoms with E-state index in [1.165, 1.54) is 34.6 Å². The quantitative estimate of drug-likeness (QED) is 0.313. The fourth-order valence-corrected chi connectivity index (χ4v) is 3.65. The third-order valence-electron chi connectivity index (χ3n) is 4.14. The first-order chi connectivity index (χ1) is 13.5. The van der Waals surface area contributed by atoms with E-state index in [2.05, 4.69) is 10.2 Å². The van der Waals surface area contributed by atoms with Gasteiger partial charge in [-0.25, -0.2) is 13.9 Å². The highest BCUT2D eigenvalue weighted by molar-refractivity contribution is 7.98. The molecule has 0 radical (unpaired) electrons. The second kappa shape index (κ2) is 7.35.